The maximum Gasteiger partial charge on any atom is 0.305 e. The van der Waals surface area contributed by atoms with E-state index >= 15 is 0 Å². The molecule has 8 heteroatoms. The topological polar surface area (TPSA) is 92.9 Å². The Morgan fingerprint density at radius 3 is 2.79 bits per heavy atom. The number of aromatic nitrogens is 1. The summed E-state index contributed by atoms with van der Waals surface area (Å²) in [7, 11) is 0. The lowest BCUT2D eigenvalue weighted by Gasteiger charge is -2.34. The summed E-state index contributed by atoms with van der Waals surface area (Å²) in [6.45, 7) is 0.879. The van der Waals surface area contributed by atoms with Crippen molar-refractivity contribution >= 4 is 23.5 Å². The zero-order valence-electron chi connectivity index (χ0n) is 12.6. The molecule has 1 fully saturated rings. The molecule has 0 spiro atoms. The van der Waals surface area contributed by atoms with Gasteiger partial charge < -0.3 is 19.3 Å². The van der Waals surface area contributed by atoms with E-state index in [-0.39, 0.29) is 24.6 Å². The van der Waals surface area contributed by atoms with Crippen molar-refractivity contribution in [1.82, 2.24) is 10.1 Å². The summed E-state index contributed by atoms with van der Waals surface area (Å²) in [6.07, 6.45) is -0.173. The number of carbonyl (C=O) groups excluding carboxylic acids is 1. The van der Waals surface area contributed by atoms with Crippen molar-refractivity contribution in [3.63, 3.8) is 0 Å². The number of morpholine rings is 1. The van der Waals surface area contributed by atoms with E-state index < -0.39 is 12.0 Å². The molecule has 7 nitrogen and oxygen atoms in total. The van der Waals surface area contributed by atoms with Crippen LogP contribution in [0.4, 0.5) is 0 Å². The first-order valence-corrected chi connectivity index (χ1v) is 7.75. The van der Waals surface area contributed by atoms with Crippen molar-refractivity contribution in [1.29, 1.82) is 0 Å². The second kappa shape index (κ2) is 7.02. The molecule has 1 unspecified atom stereocenters. The number of carbonyl (C=O) groups is 2. The standard InChI is InChI=1S/C16H15ClN2O5/c17-11-3-1-10(2-4-11)14-8-13(18-24-14)16(22)19-5-6-23-9-12(19)7-15(20)21/h1-4,8,12H,5-7,9H2,(H,20,21). The van der Waals surface area contributed by atoms with Gasteiger partial charge in [-0.3, -0.25) is 9.59 Å². The Labute approximate surface area is 142 Å². The average Bonchev–Trinajstić information content (AvgIpc) is 3.05. The van der Waals surface area contributed by atoms with Crippen LogP contribution >= 0.6 is 11.6 Å². The van der Waals surface area contributed by atoms with E-state index in [4.69, 9.17) is 26.0 Å². The number of benzene rings is 1. The van der Waals surface area contributed by atoms with Crippen LogP contribution in [0.1, 0.15) is 16.9 Å². The molecule has 1 aliphatic rings. The Balaban J connectivity index is 1.79. The molecule has 1 N–H and O–H groups in total. The predicted octanol–water partition coefficient (Wildman–Crippen LogP) is 2.31. The van der Waals surface area contributed by atoms with Crippen LogP contribution in [-0.2, 0) is 9.53 Å². The fourth-order valence-corrected chi connectivity index (χ4v) is 2.69. The molecular formula is C16H15ClN2O5. The van der Waals surface area contributed by atoms with Crippen molar-refractivity contribution in [2.24, 2.45) is 0 Å². The van der Waals surface area contributed by atoms with Crippen LogP contribution in [-0.4, -0.2) is 52.8 Å². The molecular weight excluding hydrogens is 336 g/mol. The molecule has 126 valence electrons. The average molecular weight is 351 g/mol. The highest BCUT2D eigenvalue weighted by molar-refractivity contribution is 6.30. The van der Waals surface area contributed by atoms with Gasteiger partial charge in [-0.25, -0.2) is 0 Å². The Hall–Kier alpha value is -2.38. The zero-order valence-corrected chi connectivity index (χ0v) is 13.4. The number of hydrogen-bond donors (Lipinski definition) is 1. The number of carboxylic acids is 1. The molecule has 24 heavy (non-hydrogen) atoms. The minimum Gasteiger partial charge on any atom is -0.481 e. The lowest BCUT2D eigenvalue weighted by molar-refractivity contribution is -0.139. The fraction of sp³-hybridized carbons (Fsp3) is 0.312. The van der Waals surface area contributed by atoms with Gasteiger partial charge in [0.25, 0.3) is 5.91 Å². The van der Waals surface area contributed by atoms with Gasteiger partial charge in [0.1, 0.15) is 0 Å². The lowest BCUT2D eigenvalue weighted by Crippen LogP contribution is -2.49. The fourth-order valence-electron chi connectivity index (χ4n) is 2.57. The molecule has 1 saturated heterocycles. The molecule has 0 aliphatic carbocycles. The first-order chi connectivity index (χ1) is 11.5. The number of carboxylic acid groups (broad SMARTS) is 1. The van der Waals surface area contributed by atoms with E-state index in [1.165, 1.54) is 4.90 Å². The van der Waals surface area contributed by atoms with Gasteiger partial charge in [0, 0.05) is 23.2 Å². The molecule has 3 rings (SSSR count). The third-order valence-corrected chi connectivity index (χ3v) is 4.01. The van der Waals surface area contributed by atoms with Crippen molar-refractivity contribution in [3.05, 3.63) is 41.0 Å². The quantitative estimate of drug-likeness (QED) is 0.909. The van der Waals surface area contributed by atoms with Gasteiger partial charge in [0.2, 0.25) is 0 Å². The van der Waals surface area contributed by atoms with Crippen LogP contribution < -0.4 is 0 Å². The summed E-state index contributed by atoms with van der Waals surface area (Å²) < 4.78 is 10.5. The van der Waals surface area contributed by atoms with E-state index in [9.17, 15) is 9.59 Å². The smallest absolute Gasteiger partial charge is 0.305 e. The highest BCUT2D eigenvalue weighted by Gasteiger charge is 2.31. The van der Waals surface area contributed by atoms with E-state index in [2.05, 4.69) is 5.16 Å². The number of ether oxygens (including phenoxy) is 1. The molecule has 2 heterocycles. The van der Waals surface area contributed by atoms with Crippen LogP contribution in [0.3, 0.4) is 0 Å². The van der Waals surface area contributed by atoms with Crippen LogP contribution in [0.25, 0.3) is 11.3 Å². The van der Waals surface area contributed by atoms with Gasteiger partial charge in [0.15, 0.2) is 11.5 Å². The number of halogens is 1. The maximum atomic E-state index is 12.6. The van der Waals surface area contributed by atoms with Gasteiger partial charge in [-0.05, 0) is 24.3 Å². The molecule has 2 aromatic rings. The number of hydrogen-bond acceptors (Lipinski definition) is 5. The second-order valence-electron chi connectivity index (χ2n) is 5.41. The normalized spacial score (nSPS) is 17.7. The summed E-state index contributed by atoms with van der Waals surface area (Å²) in [5.41, 5.74) is 0.882. The van der Waals surface area contributed by atoms with Gasteiger partial charge in [0.05, 0.1) is 25.7 Å². The van der Waals surface area contributed by atoms with Crippen molar-refractivity contribution in [3.8, 4) is 11.3 Å². The van der Waals surface area contributed by atoms with E-state index in [0.29, 0.717) is 23.9 Å². The maximum absolute atomic E-state index is 12.6. The molecule has 1 aliphatic heterocycles. The van der Waals surface area contributed by atoms with Gasteiger partial charge in [-0.15, -0.1) is 0 Å². The predicted molar refractivity (Wildman–Crippen MR) is 84.8 cm³/mol. The highest BCUT2D eigenvalue weighted by Crippen LogP contribution is 2.23. The molecule has 0 bridgehead atoms. The Kier molecular flexibility index (Phi) is 4.82. The number of nitrogens with zero attached hydrogens (tertiary/aromatic N) is 2. The molecule has 1 amide bonds. The summed E-state index contributed by atoms with van der Waals surface area (Å²) in [6, 6.07) is 7.98. The van der Waals surface area contributed by atoms with E-state index in [1.54, 1.807) is 30.3 Å². The molecule has 0 radical (unpaired) electrons. The van der Waals surface area contributed by atoms with Gasteiger partial charge in [-0.2, -0.15) is 0 Å². The van der Waals surface area contributed by atoms with Crippen molar-refractivity contribution in [2.45, 2.75) is 12.5 Å². The summed E-state index contributed by atoms with van der Waals surface area (Å²) in [5, 5.41) is 13.4. The molecule has 1 atom stereocenters. The second-order valence-corrected chi connectivity index (χ2v) is 5.84. The van der Waals surface area contributed by atoms with E-state index in [1.807, 2.05) is 0 Å². The summed E-state index contributed by atoms with van der Waals surface area (Å²) in [5.74, 6) is -0.906. The first-order valence-electron chi connectivity index (χ1n) is 7.38. The van der Waals surface area contributed by atoms with Crippen molar-refractivity contribution in [2.75, 3.05) is 19.8 Å². The minimum atomic E-state index is -0.981. The first kappa shape index (κ1) is 16.5. The van der Waals surface area contributed by atoms with Crippen molar-refractivity contribution < 1.29 is 24.0 Å². The highest BCUT2D eigenvalue weighted by atomic mass is 35.5. The zero-order chi connectivity index (χ0) is 17.1. The minimum absolute atomic E-state index is 0.136. The van der Waals surface area contributed by atoms with Crippen LogP contribution in [0.15, 0.2) is 34.9 Å². The summed E-state index contributed by atoms with van der Waals surface area (Å²) in [4.78, 5) is 25.0. The van der Waals surface area contributed by atoms with Crippen LogP contribution in [0, 0.1) is 0 Å². The van der Waals surface area contributed by atoms with E-state index in [0.717, 1.165) is 5.56 Å². The third kappa shape index (κ3) is 3.58. The Morgan fingerprint density at radius 2 is 2.08 bits per heavy atom. The lowest BCUT2D eigenvalue weighted by atomic mass is 10.1. The monoisotopic (exact) mass is 350 g/mol. The van der Waals surface area contributed by atoms with Gasteiger partial charge in [-0.1, -0.05) is 16.8 Å². The largest absolute Gasteiger partial charge is 0.481 e. The number of amides is 1. The number of aliphatic carboxylic acids is 1. The molecule has 1 aromatic heterocycles. The van der Waals surface area contributed by atoms with Gasteiger partial charge >= 0.3 is 5.97 Å². The summed E-state index contributed by atoms with van der Waals surface area (Å²) >= 11 is 5.85. The Morgan fingerprint density at radius 1 is 1.33 bits per heavy atom. The van der Waals surface area contributed by atoms with Crippen LogP contribution in [0.5, 0.6) is 0 Å². The molecule has 0 saturated carbocycles. The number of rotatable bonds is 4. The Bertz CT molecular complexity index is 743. The molecule has 1 aromatic carbocycles. The SMILES string of the molecule is O=C(O)CC1COCCN1C(=O)c1cc(-c2ccc(Cl)cc2)on1. The third-order valence-electron chi connectivity index (χ3n) is 3.76. The van der Waals surface area contributed by atoms with Crippen LogP contribution in [0.2, 0.25) is 5.02 Å².